The number of anilines is 1. The monoisotopic (exact) mass is 430 g/mol. The van der Waals surface area contributed by atoms with E-state index in [9.17, 15) is 24.6 Å². The lowest BCUT2D eigenvalue weighted by Crippen LogP contribution is -2.43. The van der Waals surface area contributed by atoms with E-state index < -0.39 is 41.7 Å². The number of carboxylic acid groups (broad SMARTS) is 1. The molecule has 2 heterocycles. The van der Waals surface area contributed by atoms with Gasteiger partial charge in [0.25, 0.3) is 0 Å². The maximum absolute atomic E-state index is 13.1. The zero-order valence-corrected chi connectivity index (χ0v) is 15.5. The largest absolute Gasteiger partial charge is 0.508 e. The van der Waals surface area contributed by atoms with Crippen molar-refractivity contribution in [1.82, 2.24) is 5.32 Å². The Bertz CT molecular complexity index is 963. The second-order valence-corrected chi connectivity index (χ2v) is 7.48. The topological polar surface area (TPSA) is 107 Å². The van der Waals surface area contributed by atoms with Crippen LogP contribution in [0.15, 0.2) is 53.0 Å². The van der Waals surface area contributed by atoms with E-state index in [4.69, 9.17) is 0 Å². The molecule has 138 valence electrons. The van der Waals surface area contributed by atoms with Crippen LogP contribution in [0.25, 0.3) is 0 Å². The summed E-state index contributed by atoms with van der Waals surface area (Å²) in [5, 5.41) is 22.6. The van der Waals surface area contributed by atoms with Gasteiger partial charge in [-0.15, -0.1) is 0 Å². The number of rotatable bonds is 3. The summed E-state index contributed by atoms with van der Waals surface area (Å²) < 4.78 is 0.697. The third kappa shape index (κ3) is 2.72. The van der Waals surface area contributed by atoms with Crippen molar-refractivity contribution >= 4 is 39.4 Å². The number of fused-ring (bicyclic) bond motifs is 1. The highest BCUT2D eigenvalue weighted by Gasteiger charge is 2.61. The zero-order valence-electron chi connectivity index (χ0n) is 13.9. The predicted octanol–water partition coefficient (Wildman–Crippen LogP) is 2.06. The molecule has 0 unspecified atom stereocenters. The average molecular weight is 431 g/mol. The Balaban J connectivity index is 1.80. The summed E-state index contributed by atoms with van der Waals surface area (Å²) in [6, 6.07) is 11.1. The average Bonchev–Trinajstić information content (AvgIpc) is 3.13. The van der Waals surface area contributed by atoms with Gasteiger partial charge in [0.2, 0.25) is 11.8 Å². The molecule has 3 N–H and O–H groups in total. The first-order chi connectivity index (χ1) is 12.9. The van der Waals surface area contributed by atoms with Gasteiger partial charge in [0.05, 0.1) is 17.5 Å². The zero-order chi connectivity index (χ0) is 19.3. The van der Waals surface area contributed by atoms with Crippen LogP contribution in [0.4, 0.5) is 5.69 Å². The highest BCUT2D eigenvalue weighted by molar-refractivity contribution is 9.10. The third-order valence-electron chi connectivity index (χ3n) is 5.08. The van der Waals surface area contributed by atoms with Crippen LogP contribution in [-0.2, 0) is 14.4 Å². The molecule has 4 atom stereocenters. The van der Waals surface area contributed by atoms with Crippen LogP contribution in [0.2, 0.25) is 0 Å². The van der Waals surface area contributed by atoms with E-state index in [1.165, 1.54) is 6.07 Å². The molecule has 2 aliphatic rings. The van der Waals surface area contributed by atoms with Gasteiger partial charge in [-0.25, -0.2) is 4.90 Å². The number of carbonyl (C=O) groups is 3. The highest BCUT2D eigenvalue weighted by atomic mass is 79.9. The van der Waals surface area contributed by atoms with Crippen molar-refractivity contribution < 1.29 is 24.6 Å². The normalized spacial score (nSPS) is 27.1. The van der Waals surface area contributed by atoms with Gasteiger partial charge in [0.15, 0.2) is 0 Å². The summed E-state index contributed by atoms with van der Waals surface area (Å²) in [5.74, 6) is -4.25. The van der Waals surface area contributed by atoms with Gasteiger partial charge in [-0.3, -0.25) is 19.7 Å². The molecule has 2 aromatic carbocycles. The number of phenols is 1. The number of hydrogen-bond acceptors (Lipinski definition) is 5. The molecular formula is C19H15BrN2O5. The summed E-state index contributed by atoms with van der Waals surface area (Å²) in [6.07, 6.45) is 0. The van der Waals surface area contributed by atoms with Crippen molar-refractivity contribution in [2.24, 2.45) is 11.8 Å². The Morgan fingerprint density at radius 1 is 1.04 bits per heavy atom. The number of para-hydroxylation sites is 1. The van der Waals surface area contributed by atoms with Crippen LogP contribution < -0.4 is 10.2 Å². The van der Waals surface area contributed by atoms with E-state index in [1.807, 2.05) is 0 Å². The fourth-order valence-corrected chi connectivity index (χ4v) is 4.33. The van der Waals surface area contributed by atoms with Crippen molar-refractivity contribution in [1.29, 1.82) is 0 Å². The number of carboxylic acids is 1. The van der Waals surface area contributed by atoms with Crippen molar-refractivity contribution in [2.45, 2.75) is 12.1 Å². The van der Waals surface area contributed by atoms with E-state index in [1.54, 1.807) is 42.5 Å². The number of amides is 2. The lowest BCUT2D eigenvalue weighted by Gasteiger charge is -2.22. The number of halogens is 1. The van der Waals surface area contributed by atoms with Gasteiger partial charge in [0.1, 0.15) is 11.8 Å². The molecule has 27 heavy (non-hydrogen) atoms. The number of nitrogens with one attached hydrogen (secondary N) is 1. The maximum Gasteiger partial charge on any atom is 0.321 e. The Morgan fingerprint density at radius 3 is 2.41 bits per heavy atom. The predicted molar refractivity (Wildman–Crippen MR) is 99.0 cm³/mol. The summed E-state index contributed by atoms with van der Waals surface area (Å²) in [6.45, 7) is 0. The number of imide groups is 1. The molecule has 4 rings (SSSR count). The van der Waals surface area contributed by atoms with Gasteiger partial charge in [-0.1, -0.05) is 40.2 Å². The van der Waals surface area contributed by atoms with Crippen LogP contribution in [0.1, 0.15) is 11.6 Å². The van der Waals surface area contributed by atoms with E-state index in [0.29, 0.717) is 15.7 Å². The number of nitrogens with zero attached hydrogens (tertiary/aromatic N) is 1. The molecule has 0 spiro atoms. The number of aromatic hydroxyl groups is 1. The van der Waals surface area contributed by atoms with E-state index >= 15 is 0 Å². The van der Waals surface area contributed by atoms with Crippen molar-refractivity contribution in [3.8, 4) is 5.75 Å². The number of phenolic OH excluding ortho intramolecular Hbond substituents is 1. The fourth-order valence-electron chi connectivity index (χ4n) is 3.94. The van der Waals surface area contributed by atoms with Crippen molar-refractivity contribution in [3.63, 3.8) is 0 Å². The summed E-state index contributed by atoms with van der Waals surface area (Å²) >= 11 is 3.31. The molecule has 7 nitrogen and oxygen atoms in total. The molecule has 2 aromatic rings. The molecular weight excluding hydrogens is 416 g/mol. The van der Waals surface area contributed by atoms with Crippen molar-refractivity contribution in [2.75, 3.05) is 4.90 Å². The third-order valence-corrected chi connectivity index (χ3v) is 5.57. The first-order valence-electron chi connectivity index (χ1n) is 8.30. The quantitative estimate of drug-likeness (QED) is 0.643. The summed E-state index contributed by atoms with van der Waals surface area (Å²) in [4.78, 5) is 38.9. The van der Waals surface area contributed by atoms with Gasteiger partial charge in [-0.2, -0.15) is 0 Å². The molecule has 0 radical (unpaired) electrons. The number of aliphatic carboxylic acids is 1. The van der Waals surface area contributed by atoms with Crippen molar-refractivity contribution in [3.05, 3.63) is 58.6 Å². The van der Waals surface area contributed by atoms with Gasteiger partial charge < -0.3 is 10.2 Å². The SMILES string of the molecule is O=C(O)[C@@H]1N[C@@H](c2ccccc2O)[C@H]2C(=O)N(c3cccc(Br)c3)C(=O)[C@@H]21. The van der Waals surface area contributed by atoms with Crippen LogP contribution in [0, 0.1) is 11.8 Å². The van der Waals surface area contributed by atoms with Gasteiger partial charge in [-0.05, 0) is 24.3 Å². The van der Waals surface area contributed by atoms with Crippen LogP contribution in [0.3, 0.4) is 0 Å². The molecule has 2 aliphatic heterocycles. The number of hydrogen-bond donors (Lipinski definition) is 3. The fraction of sp³-hybridized carbons (Fsp3) is 0.211. The molecule has 2 saturated heterocycles. The van der Waals surface area contributed by atoms with Gasteiger partial charge in [0, 0.05) is 16.1 Å². The van der Waals surface area contributed by atoms with E-state index in [-0.39, 0.29) is 5.75 Å². The second-order valence-electron chi connectivity index (χ2n) is 6.56. The minimum Gasteiger partial charge on any atom is -0.508 e. The lowest BCUT2D eigenvalue weighted by molar-refractivity contribution is -0.142. The first-order valence-corrected chi connectivity index (χ1v) is 9.09. The standard InChI is InChI=1S/C19H15BrN2O5/c20-9-4-3-5-10(8-9)22-17(24)13-14(18(22)25)16(19(26)27)21-15(13)11-6-1-2-7-12(11)23/h1-8,13-16,21,23H,(H,26,27)/t13-,14-,15-,16+/m0/s1. The van der Waals surface area contributed by atoms with Crippen LogP contribution in [-0.4, -0.2) is 34.0 Å². The number of carbonyl (C=O) groups excluding carboxylic acids is 2. The van der Waals surface area contributed by atoms with Crippen LogP contribution >= 0.6 is 15.9 Å². The molecule has 2 fully saturated rings. The lowest BCUT2D eigenvalue weighted by atomic mass is 9.86. The highest BCUT2D eigenvalue weighted by Crippen LogP contribution is 2.47. The Kier molecular flexibility index (Phi) is 4.24. The molecule has 0 saturated carbocycles. The Labute approximate surface area is 162 Å². The van der Waals surface area contributed by atoms with Crippen LogP contribution in [0.5, 0.6) is 5.75 Å². The maximum atomic E-state index is 13.1. The summed E-state index contributed by atoms with van der Waals surface area (Å²) in [5.41, 5.74) is 0.780. The molecule has 2 amide bonds. The Morgan fingerprint density at radius 2 is 1.74 bits per heavy atom. The second kappa shape index (κ2) is 6.47. The minimum absolute atomic E-state index is 0.0547. The molecule has 0 bridgehead atoms. The number of benzene rings is 2. The first kappa shape index (κ1) is 17.7. The Hall–Kier alpha value is -2.71. The molecule has 0 aromatic heterocycles. The van der Waals surface area contributed by atoms with E-state index in [2.05, 4.69) is 21.2 Å². The minimum atomic E-state index is -1.21. The molecule has 8 heteroatoms. The van der Waals surface area contributed by atoms with Gasteiger partial charge >= 0.3 is 5.97 Å². The molecule has 0 aliphatic carbocycles. The summed E-state index contributed by atoms with van der Waals surface area (Å²) in [7, 11) is 0. The van der Waals surface area contributed by atoms with E-state index in [0.717, 1.165) is 4.90 Å². The smallest absolute Gasteiger partial charge is 0.321 e.